The van der Waals surface area contributed by atoms with E-state index in [0.717, 1.165) is 96.3 Å². The maximum Gasteiger partial charge on any atom is 0.472 e. The molecule has 0 aromatic rings. The van der Waals surface area contributed by atoms with Gasteiger partial charge in [-0.1, -0.05) is 236 Å². The molecule has 3 atom stereocenters. The molecule has 0 heterocycles. The highest BCUT2D eigenvalue weighted by Crippen LogP contribution is 2.43. The minimum Gasteiger partial charge on any atom is -0.462 e. The van der Waals surface area contributed by atoms with E-state index in [-0.39, 0.29) is 25.9 Å². The SMILES string of the molecule is CCCCC/C=C\C/C=C\CCCCCCCCCC(=O)OCC(COP(=O)(O)OCC(CO)OC(=O)CCCCCCCCC/C=C\CCCCCCCC)OC(=O)CCCCCCCCC/C=C\C/C=C\CCCCC. The van der Waals surface area contributed by atoms with Crippen molar-refractivity contribution in [2.45, 2.75) is 315 Å². The molecule has 0 bridgehead atoms. The minimum atomic E-state index is -4.76. The van der Waals surface area contributed by atoms with Gasteiger partial charge in [0.25, 0.3) is 0 Å². The van der Waals surface area contributed by atoms with Gasteiger partial charge >= 0.3 is 25.7 Å². The molecule has 0 aliphatic rings. The van der Waals surface area contributed by atoms with Crippen LogP contribution < -0.4 is 0 Å². The summed E-state index contributed by atoms with van der Waals surface area (Å²) in [5, 5.41) is 9.85. The van der Waals surface area contributed by atoms with Gasteiger partial charge in [-0.3, -0.25) is 23.4 Å². The summed E-state index contributed by atoms with van der Waals surface area (Å²) in [4.78, 5) is 48.7. The molecule has 0 aliphatic carbocycles. The number of carbonyl (C=O) groups excluding carboxylic acids is 3. The molecule has 0 amide bonds. The molecule has 0 aromatic carbocycles. The molecular weight excluding hydrogens is 1000 g/mol. The van der Waals surface area contributed by atoms with Crippen molar-refractivity contribution in [3.8, 4) is 0 Å². The van der Waals surface area contributed by atoms with Crippen LogP contribution in [0, 0.1) is 0 Å². The average Bonchev–Trinajstić information content (AvgIpc) is 3.43. The van der Waals surface area contributed by atoms with Crippen LogP contribution >= 0.6 is 7.82 Å². The number of phosphoric acid groups is 1. The summed E-state index contributed by atoms with van der Waals surface area (Å²) >= 11 is 0. The summed E-state index contributed by atoms with van der Waals surface area (Å²) in [6, 6.07) is 0. The molecule has 0 aliphatic heterocycles. The van der Waals surface area contributed by atoms with E-state index in [4.69, 9.17) is 23.3 Å². The third-order valence-corrected chi connectivity index (χ3v) is 14.8. The lowest BCUT2D eigenvalue weighted by molar-refractivity contribution is -0.161. The van der Waals surface area contributed by atoms with Crippen molar-refractivity contribution >= 4 is 25.7 Å². The van der Waals surface area contributed by atoms with Gasteiger partial charge in [0, 0.05) is 19.3 Å². The summed E-state index contributed by atoms with van der Waals surface area (Å²) in [7, 11) is -4.76. The van der Waals surface area contributed by atoms with Crippen LogP contribution in [0.15, 0.2) is 60.8 Å². The number of unbranched alkanes of at least 4 members (excludes halogenated alkanes) is 33. The second-order valence-electron chi connectivity index (χ2n) is 21.6. The van der Waals surface area contributed by atoms with Gasteiger partial charge < -0.3 is 24.2 Å². The second-order valence-corrected chi connectivity index (χ2v) is 23.0. The molecule has 0 spiro atoms. The quantitative estimate of drug-likeness (QED) is 0.0197. The summed E-state index contributed by atoms with van der Waals surface area (Å²) in [6.07, 6.45) is 67.3. The second kappa shape index (κ2) is 60.3. The first-order valence-corrected chi connectivity index (χ1v) is 33.7. The van der Waals surface area contributed by atoms with Crippen LogP contribution in [0.2, 0.25) is 0 Å². The fourth-order valence-corrected chi connectivity index (χ4v) is 9.73. The molecule has 0 fully saturated rings. The van der Waals surface area contributed by atoms with Gasteiger partial charge in [0.2, 0.25) is 0 Å². The van der Waals surface area contributed by atoms with Crippen LogP contribution in [0.25, 0.3) is 0 Å². The highest BCUT2D eigenvalue weighted by molar-refractivity contribution is 7.47. The molecular formula is C66H119O11P. The molecule has 0 radical (unpaired) electrons. The molecule has 78 heavy (non-hydrogen) atoms. The number of aliphatic hydroxyl groups is 1. The van der Waals surface area contributed by atoms with Crippen molar-refractivity contribution in [3.63, 3.8) is 0 Å². The molecule has 0 saturated carbocycles. The highest BCUT2D eigenvalue weighted by Gasteiger charge is 2.28. The zero-order valence-corrected chi connectivity index (χ0v) is 51.3. The Morgan fingerprint density at radius 3 is 0.987 bits per heavy atom. The predicted molar refractivity (Wildman–Crippen MR) is 325 cm³/mol. The number of hydrogen-bond donors (Lipinski definition) is 2. The fraction of sp³-hybridized carbons (Fsp3) is 0.803. The van der Waals surface area contributed by atoms with Crippen LogP contribution in [0.5, 0.6) is 0 Å². The lowest BCUT2D eigenvalue weighted by Gasteiger charge is -2.21. The molecule has 12 heteroatoms. The van der Waals surface area contributed by atoms with Crippen molar-refractivity contribution in [2.75, 3.05) is 26.4 Å². The zero-order chi connectivity index (χ0) is 56.9. The number of rotatable bonds is 60. The smallest absolute Gasteiger partial charge is 0.462 e. The normalized spacial score (nSPS) is 13.7. The van der Waals surface area contributed by atoms with Crippen molar-refractivity contribution in [3.05, 3.63) is 60.8 Å². The number of carbonyl (C=O) groups is 3. The maximum absolute atomic E-state index is 13.0. The average molecular weight is 1120 g/mol. The Bertz CT molecular complexity index is 1540. The Labute approximate surface area is 478 Å². The molecule has 0 rings (SSSR count). The molecule has 0 saturated heterocycles. The Hall–Kier alpha value is -2.82. The standard InChI is InChI=1S/C66H119O11P/c1-4-7-10-13-16-19-22-25-28-31-34-37-40-43-46-49-52-55-64(68)73-59-63(77-66(70)57-54-51-48-45-42-39-36-33-30-27-24-21-18-15-12-9-6-3)61-75-78(71,72)74-60-62(58-67)76-65(69)56-53-50-47-44-41-38-35-32-29-26-23-20-17-14-11-8-5-2/h16,18-19,21,25-30,62-63,67H,4-15,17,20,22-24,31-61H2,1-3H3,(H,71,72)/b19-16-,21-18-,28-25-,29-26-,30-27-. The summed E-state index contributed by atoms with van der Waals surface area (Å²) < 4.78 is 39.7. The summed E-state index contributed by atoms with van der Waals surface area (Å²) in [5.74, 6) is -1.47. The van der Waals surface area contributed by atoms with Gasteiger partial charge in [-0.2, -0.15) is 0 Å². The predicted octanol–water partition coefficient (Wildman–Crippen LogP) is 19.5. The van der Waals surface area contributed by atoms with Gasteiger partial charge in [0.15, 0.2) is 6.10 Å². The first-order chi connectivity index (χ1) is 38.2. The van der Waals surface area contributed by atoms with E-state index in [1.165, 1.54) is 148 Å². The lowest BCUT2D eigenvalue weighted by atomic mass is 10.1. The first-order valence-electron chi connectivity index (χ1n) is 32.2. The summed E-state index contributed by atoms with van der Waals surface area (Å²) in [5.41, 5.74) is 0. The van der Waals surface area contributed by atoms with Crippen molar-refractivity contribution < 1.29 is 52.2 Å². The van der Waals surface area contributed by atoms with E-state index in [0.29, 0.717) is 19.3 Å². The maximum atomic E-state index is 13.0. The van der Waals surface area contributed by atoms with Crippen LogP contribution in [0.4, 0.5) is 0 Å². The van der Waals surface area contributed by atoms with E-state index in [1.54, 1.807) is 0 Å². The van der Waals surface area contributed by atoms with E-state index in [9.17, 15) is 28.9 Å². The van der Waals surface area contributed by atoms with Crippen LogP contribution in [0.1, 0.15) is 303 Å². The van der Waals surface area contributed by atoms with E-state index in [2.05, 4.69) is 81.5 Å². The minimum absolute atomic E-state index is 0.157. The third kappa shape index (κ3) is 57.9. The number of hydrogen-bond acceptors (Lipinski definition) is 10. The topological polar surface area (TPSA) is 155 Å². The van der Waals surface area contributed by atoms with Crippen LogP contribution in [-0.2, 0) is 42.2 Å². The first kappa shape index (κ1) is 75.2. The summed E-state index contributed by atoms with van der Waals surface area (Å²) in [6.45, 7) is 4.62. The highest BCUT2D eigenvalue weighted by atomic mass is 31.2. The van der Waals surface area contributed by atoms with Crippen molar-refractivity contribution in [1.29, 1.82) is 0 Å². The molecule has 454 valence electrons. The van der Waals surface area contributed by atoms with Crippen molar-refractivity contribution in [2.24, 2.45) is 0 Å². The number of ether oxygens (including phenoxy) is 3. The lowest BCUT2D eigenvalue weighted by Crippen LogP contribution is -2.30. The van der Waals surface area contributed by atoms with Crippen LogP contribution in [0.3, 0.4) is 0 Å². The number of allylic oxidation sites excluding steroid dienone is 10. The zero-order valence-electron chi connectivity index (χ0n) is 50.4. The Balaban J connectivity index is 4.70. The third-order valence-electron chi connectivity index (χ3n) is 13.9. The Morgan fingerprint density at radius 2 is 0.628 bits per heavy atom. The van der Waals surface area contributed by atoms with E-state index in [1.807, 2.05) is 0 Å². The van der Waals surface area contributed by atoms with Crippen molar-refractivity contribution in [1.82, 2.24) is 0 Å². The largest absolute Gasteiger partial charge is 0.472 e. The van der Waals surface area contributed by atoms with Gasteiger partial charge in [-0.15, -0.1) is 0 Å². The Kier molecular flexibility index (Phi) is 58.1. The number of phosphoric ester groups is 1. The van der Waals surface area contributed by atoms with Gasteiger partial charge in [-0.05, 0) is 109 Å². The molecule has 2 N–H and O–H groups in total. The van der Waals surface area contributed by atoms with Crippen LogP contribution in [-0.4, -0.2) is 66.5 Å². The van der Waals surface area contributed by atoms with Gasteiger partial charge in [-0.25, -0.2) is 4.57 Å². The number of aliphatic hydroxyl groups excluding tert-OH is 1. The van der Waals surface area contributed by atoms with Gasteiger partial charge in [0.05, 0.1) is 19.8 Å². The Morgan fingerprint density at radius 1 is 0.359 bits per heavy atom. The van der Waals surface area contributed by atoms with E-state index >= 15 is 0 Å². The number of esters is 3. The monoisotopic (exact) mass is 1120 g/mol. The molecule has 11 nitrogen and oxygen atoms in total. The van der Waals surface area contributed by atoms with Gasteiger partial charge in [0.1, 0.15) is 12.7 Å². The fourth-order valence-electron chi connectivity index (χ4n) is 8.94. The molecule has 0 aromatic heterocycles. The van der Waals surface area contributed by atoms with E-state index < -0.39 is 57.8 Å². The molecule has 3 unspecified atom stereocenters.